The first-order chi connectivity index (χ1) is 7.66. The maximum absolute atomic E-state index is 5.97. The Hall–Kier alpha value is -1.07. The summed E-state index contributed by atoms with van der Waals surface area (Å²) >= 11 is 5.97. The van der Waals surface area contributed by atoms with Gasteiger partial charge in [0, 0.05) is 18.6 Å². The number of ether oxygens (including phenoxy) is 1. The van der Waals surface area contributed by atoms with Gasteiger partial charge in [-0.3, -0.25) is 0 Å². The Bertz CT molecular complexity index is 368. The monoisotopic (exact) mass is 242 g/mol. The number of nitrogens with one attached hydrogen (secondary N) is 1. The van der Waals surface area contributed by atoms with E-state index >= 15 is 0 Å². The first-order valence-corrected chi connectivity index (χ1v) is 5.67. The number of nitrogens with two attached hydrogens (primary N) is 1. The highest BCUT2D eigenvalue weighted by molar-refractivity contribution is 6.32. The molecule has 88 valence electrons. The summed E-state index contributed by atoms with van der Waals surface area (Å²) in [6, 6.07) is 0.259. The highest BCUT2D eigenvalue weighted by Crippen LogP contribution is 2.23. The second kappa shape index (κ2) is 4.84. The molecule has 2 rings (SSSR count). The van der Waals surface area contributed by atoms with Crippen molar-refractivity contribution in [2.45, 2.75) is 19.4 Å². The number of rotatable bonds is 3. The summed E-state index contributed by atoms with van der Waals surface area (Å²) in [4.78, 5) is 7.88. The molecule has 0 amide bonds. The molecule has 0 radical (unpaired) electrons. The number of halogens is 1. The fourth-order valence-corrected chi connectivity index (χ4v) is 1.91. The van der Waals surface area contributed by atoms with E-state index in [0.29, 0.717) is 16.8 Å². The van der Waals surface area contributed by atoms with E-state index in [2.05, 4.69) is 22.2 Å². The van der Waals surface area contributed by atoms with E-state index in [-0.39, 0.29) is 12.0 Å². The Morgan fingerprint density at radius 1 is 1.69 bits per heavy atom. The molecule has 5 nitrogen and oxygen atoms in total. The summed E-state index contributed by atoms with van der Waals surface area (Å²) in [5.74, 6) is 1.31. The van der Waals surface area contributed by atoms with Crippen molar-refractivity contribution in [3.8, 4) is 0 Å². The minimum Gasteiger partial charge on any atom is -0.381 e. The van der Waals surface area contributed by atoms with E-state index in [1.54, 1.807) is 0 Å². The van der Waals surface area contributed by atoms with E-state index in [1.807, 2.05) is 0 Å². The van der Waals surface area contributed by atoms with Crippen molar-refractivity contribution < 1.29 is 4.74 Å². The largest absolute Gasteiger partial charge is 0.381 e. The summed E-state index contributed by atoms with van der Waals surface area (Å²) in [5, 5.41) is 3.74. The van der Waals surface area contributed by atoms with Gasteiger partial charge in [0.2, 0.25) is 5.95 Å². The molecule has 1 aromatic rings. The Morgan fingerprint density at radius 3 is 3.19 bits per heavy atom. The summed E-state index contributed by atoms with van der Waals surface area (Å²) in [6.07, 6.45) is 2.57. The Balaban J connectivity index is 2.04. The van der Waals surface area contributed by atoms with Crippen LogP contribution >= 0.6 is 11.6 Å². The maximum Gasteiger partial charge on any atom is 0.222 e. The van der Waals surface area contributed by atoms with E-state index in [4.69, 9.17) is 22.1 Å². The van der Waals surface area contributed by atoms with Crippen LogP contribution in [-0.4, -0.2) is 29.2 Å². The molecule has 16 heavy (non-hydrogen) atoms. The average Bonchev–Trinajstić information content (AvgIpc) is 2.76. The van der Waals surface area contributed by atoms with E-state index in [9.17, 15) is 0 Å². The zero-order chi connectivity index (χ0) is 11.5. The number of nitrogen functional groups attached to an aromatic ring is 1. The van der Waals surface area contributed by atoms with Crippen molar-refractivity contribution >= 4 is 23.4 Å². The van der Waals surface area contributed by atoms with Crippen molar-refractivity contribution in [2.75, 3.05) is 24.3 Å². The molecule has 0 aliphatic carbocycles. The van der Waals surface area contributed by atoms with Crippen LogP contribution in [0.3, 0.4) is 0 Å². The molecule has 2 heterocycles. The van der Waals surface area contributed by atoms with Gasteiger partial charge in [-0.25, -0.2) is 4.98 Å². The second-order valence-electron chi connectivity index (χ2n) is 3.98. The molecule has 2 atom stereocenters. The lowest BCUT2D eigenvalue weighted by Crippen LogP contribution is -2.26. The van der Waals surface area contributed by atoms with Crippen molar-refractivity contribution in [3.05, 3.63) is 11.2 Å². The lowest BCUT2D eigenvalue weighted by molar-refractivity contribution is 0.183. The molecule has 0 spiro atoms. The van der Waals surface area contributed by atoms with Crippen molar-refractivity contribution in [3.63, 3.8) is 0 Å². The predicted octanol–water partition coefficient (Wildman–Crippen LogP) is 1.55. The zero-order valence-electron chi connectivity index (χ0n) is 9.11. The smallest absolute Gasteiger partial charge is 0.222 e. The van der Waals surface area contributed by atoms with Crippen LogP contribution in [-0.2, 0) is 4.74 Å². The van der Waals surface area contributed by atoms with Gasteiger partial charge in [-0.1, -0.05) is 11.6 Å². The summed E-state index contributed by atoms with van der Waals surface area (Å²) in [7, 11) is 0. The molecular formula is C10H15ClN4O. The number of nitrogens with zero attached hydrogens (tertiary/aromatic N) is 2. The summed E-state index contributed by atoms with van der Waals surface area (Å²) in [6.45, 7) is 3.71. The van der Waals surface area contributed by atoms with Gasteiger partial charge in [-0.15, -0.1) is 0 Å². The fraction of sp³-hybridized carbons (Fsp3) is 0.600. The molecule has 1 aliphatic heterocycles. The van der Waals surface area contributed by atoms with Crippen molar-refractivity contribution in [1.82, 2.24) is 9.97 Å². The molecule has 1 aromatic heterocycles. The number of aromatic nitrogens is 2. The standard InChI is InChI=1S/C10H15ClN4O/c1-6(7-2-3-16-5-7)14-9-8(11)4-13-10(12)15-9/h4,6-7H,2-3,5H2,1H3,(H3,12,13,14,15). The van der Waals surface area contributed by atoms with Crippen LogP contribution in [0, 0.1) is 5.92 Å². The highest BCUT2D eigenvalue weighted by Gasteiger charge is 2.23. The number of anilines is 2. The van der Waals surface area contributed by atoms with Crippen LogP contribution in [0.5, 0.6) is 0 Å². The average molecular weight is 243 g/mol. The van der Waals surface area contributed by atoms with Gasteiger partial charge in [-0.05, 0) is 13.3 Å². The van der Waals surface area contributed by atoms with Gasteiger partial charge in [0.25, 0.3) is 0 Å². The number of hydrogen-bond acceptors (Lipinski definition) is 5. The SMILES string of the molecule is CC(Nc1nc(N)ncc1Cl)C1CCOC1. The highest BCUT2D eigenvalue weighted by atomic mass is 35.5. The molecule has 6 heteroatoms. The van der Waals surface area contributed by atoms with Crippen LogP contribution < -0.4 is 11.1 Å². The fourth-order valence-electron chi connectivity index (χ4n) is 1.76. The minimum atomic E-state index is 0.224. The molecule has 1 aliphatic rings. The van der Waals surface area contributed by atoms with Gasteiger partial charge in [0.15, 0.2) is 5.82 Å². The minimum absolute atomic E-state index is 0.224. The van der Waals surface area contributed by atoms with Crippen molar-refractivity contribution in [2.24, 2.45) is 5.92 Å². The lowest BCUT2D eigenvalue weighted by atomic mass is 10.0. The summed E-state index contributed by atoms with van der Waals surface area (Å²) < 4.78 is 5.34. The predicted molar refractivity (Wildman–Crippen MR) is 63.5 cm³/mol. The molecule has 1 saturated heterocycles. The summed E-state index contributed by atoms with van der Waals surface area (Å²) in [5.41, 5.74) is 5.51. The molecule has 0 saturated carbocycles. The normalized spacial score (nSPS) is 22.0. The quantitative estimate of drug-likeness (QED) is 0.841. The Kier molecular flexibility index (Phi) is 3.46. The third kappa shape index (κ3) is 2.54. The maximum atomic E-state index is 5.97. The Labute approximate surface area is 99.4 Å². The van der Waals surface area contributed by atoms with E-state index < -0.39 is 0 Å². The molecule has 2 unspecified atom stereocenters. The van der Waals surface area contributed by atoms with Crippen LogP contribution in [0.4, 0.5) is 11.8 Å². The van der Waals surface area contributed by atoms with Gasteiger partial charge in [0.05, 0.1) is 12.8 Å². The van der Waals surface area contributed by atoms with E-state index in [1.165, 1.54) is 6.20 Å². The van der Waals surface area contributed by atoms with Crippen LogP contribution in [0.1, 0.15) is 13.3 Å². The molecule has 0 bridgehead atoms. The molecular weight excluding hydrogens is 228 g/mol. The zero-order valence-corrected chi connectivity index (χ0v) is 9.87. The Morgan fingerprint density at radius 2 is 2.50 bits per heavy atom. The van der Waals surface area contributed by atoms with Gasteiger partial charge < -0.3 is 15.8 Å². The first kappa shape index (κ1) is 11.4. The molecule has 0 aromatic carbocycles. The third-order valence-corrected chi connectivity index (χ3v) is 3.08. The van der Waals surface area contributed by atoms with Gasteiger partial charge >= 0.3 is 0 Å². The van der Waals surface area contributed by atoms with E-state index in [0.717, 1.165) is 19.6 Å². The lowest BCUT2D eigenvalue weighted by Gasteiger charge is -2.20. The topological polar surface area (TPSA) is 73.1 Å². The van der Waals surface area contributed by atoms with Crippen LogP contribution in [0.2, 0.25) is 5.02 Å². The van der Waals surface area contributed by atoms with Crippen LogP contribution in [0.25, 0.3) is 0 Å². The first-order valence-electron chi connectivity index (χ1n) is 5.29. The number of hydrogen-bond donors (Lipinski definition) is 2. The molecule has 1 fully saturated rings. The van der Waals surface area contributed by atoms with Crippen LogP contribution in [0.15, 0.2) is 6.20 Å². The van der Waals surface area contributed by atoms with Crippen molar-refractivity contribution in [1.29, 1.82) is 0 Å². The molecule has 3 N–H and O–H groups in total. The third-order valence-electron chi connectivity index (χ3n) is 2.80. The van der Waals surface area contributed by atoms with Gasteiger partial charge in [0.1, 0.15) is 5.02 Å². The second-order valence-corrected chi connectivity index (χ2v) is 4.39. The van der Waals surface area contributed by atoms with Gasteiger partial charge in [-0.2, -0.15) is 4.98 Å².